The number of nitrogens with one attached hydrogen (secondary N) is 2. The fourth-order valence-electron chi connectivity index (χ4n) is 4.36. The number of urea groups is 1. The van der Waals surface area contributed by atoms with Gasteiger partial charge in [-0.2, -0.15) is 9.61 Å². The van der Waals surface area contributed by atoms with Crippen molar-refractivity contribution in [1.29, 1.82) is 0 Å². The Labute approximate surface area is 216 Å². The fraction of sp³-hybridized carbons (Fsp3) is 0.280. The molecule has 180 valence electrons. The molecule has 1 aliphatic rings. The molecule has 10 heteroatoms. The Morgan fingerprint density at radius 3 is 2.94 bits per heavy atom. The zero-order chi connectivity index (χ0) is 24.4. The highest BCUT2D eigenvalue weighted by atomic mass is 79.9. The van der Waals surface area contributed by atoms with Gasteiger partial charge in [-0.1, -0.05) is 29.8 Å². The molecular formula is C25H25BrClN7O. The summed E-state index contributed by atoms with van der Waals surface area (Å²) in [6, 6.07) is 11.4. The van der Waals surface area contributed by atoms with E-state index in [2.05, 4.69) is 36.6 Å². The Bertz CT molecular complexity index is 1340. The number of carbonyl (C=O) groups excluding carboxylic acids is 1. The number of nitrogens with zero attached hydrogens (tertiary/aromatic N) is 5. The SMILES string of the molecule is Cc1cccc(Cl)c1NC(=O)N1CCCC(c2cc(NCc3cccnc3)n3ncc(Br)c3n2)C1. The highest BCUT2D eigenvalue weighted by molar-refractivity contribution is 9.10. The second-order valence-electron chi connectivity index (χ2n) is 8.66. The van der Waals surface area contributed by atoms with Gasteiger partial charge < -0.3 is 15.5 Å². The molecule has 5 rings (SSSR count). The minimum Gasteiger partial charge on any atom is -0.366 e. The number of aryl methyl sites for hydroxylation is 1. The van der Waals surface area contributed by atoms with Crippen molar-refractivity contribution in [2.75, 3.05) is 23.7 Å². The minimum absolute atomic E-state index is 0.104. The molecule has 0 spiro atoms. The van der Waals surface area contributed by atoms with Crippen molar-refractivity contribution in [2.45, 2.75) is 32.2 Å². The van der Waals surface area contributed by atoms with Crippen LogP contribution in [0.1, 0.15) is 35.6 Å². The predicted octanol–water partition coefficient (Wildman–Crippen LogP) is 5.87. The number of amides is 2. The van der Waals surface area contributed by atoms with Crippen LogP contribution in [0.4, 0.5) is 16.3 Å². The van der Waals surface area contributed by atoms with Gasteiger partial charge in [0, 0.05) is 44.0 Å². The minimum atomic E-state index is -0.146. The summed E-state index contributed by atoms with van der Waals surface area (Å²) in [6.45, 7) is 3.81. The zero-order valence-corrected chi connectivity index (χ0v) is 21.6. The molecule has 0 saturated carbocycles. The van der Waals surface area contributed by atoms with Gasteiger partial charge in [-0.3, -0.25) is 4.98 Å². The van der Waals surface area contributed by atoms with Crippen LogP contribution in [0.5, 0.6) is 0 Å². The van der Waals surface area contributed by atoms with Crippen LogP contribution in [0, 0.1) is 6.92 Å². The number of rotatable bonds is 5. The number of hydrogen-bond donors (Lipinski definition) is 2. The van der Waals surface area contributed by atoms with E-state index in [0.29, 0.717) is 30.3 Å². The summed E-state index contributed by atoms with van der Waals surface area (Å²) < 4.78 is 2.61. The Morgan fingerprint density at radius 2 is 2.14 bits per heavy atom. The third-order valence-corrected chi connectivity index (χ3v) is 7.10. The molecule has 3 aromatic heterocycles. The Hall–Kier alpha value is -3.17. The normalized spacial score (nSPS) is 15.9. The fourth-order valence-corrected chi connectivity index (χ4v) is 4.98. The number of carbonyl (C=O) groups is 1. The van der Waals surface area contributed by atoms with E-state index in [-0.39, 0.29) is 11.9 Å². The number of piperidine rings is 1. The highest BCUT2D eigenvalue weighted by Gasteiger charge is 2.27. The van der Waals surface area contributed by atoms with E-state index in [1.165, 1.54) is 0 Å². The number of anilines is 2. The summed E-state index contributed by atoms with van der Waals surface area (Å²) >= 11 is 9.89. The van der Waals surface area contributed by atoms with Crippen molar-refractivity contribution in [3.8, 4) is 0 Å². The number of aromatic nitrogens is 4. The van der Waals surface area contributed by atoms with Gasteiger partial charge in [-0.15, -0.1) is 0 Å². The van der Waals surface area contributed by atoms with Crippen LogP contribution in [0.2, 0.25) is 5.02 Å². The second kappa shape index (κ2) is 10.2. The van der Waals surface area contributed by atoms with Gasteiger partial charge >= 0.3 is 6.03 Å². The molecule has 4 heterocycles. The standard InChI is InChI=1S/C25H25BrClN7O/c1-16-5-2-8-20(27)23(16)32-25(35)33-10-4-7-18(15-33)21-11-22(29-13-17-6-3-9-28-12-17)34-24(31-21)19(26)14-30-34/h2-3,5-6,8-9,11-12,14,18,29H,4,7,10,13,15H2,1H3,(H,32,35). The number of hydrogen-bond acceptors (Lipinski definition) is 5. The number of benzene rings is 1. The van der Waals surface area contributed by atoms with Crippen molar-refractivity contribution < 1.29 is 4.79 Å². The molecule has 0 aliphatic carbocycles. The van der Waals surface area contributed by atoms with Crippen LogP contribution >= 0.6 is 27.5 Å². The number of halogens is 2. The molecule has 1 unspecified atom stereocenters. The molecule has 35 heavy (non-hydrogen) atoms. The lowest BCUT2D eigenvalue weighted by Crippen LogP contribution is -2.42. The molecule has 2 amide bonds. The van der Waals surface area contributed by atoms with Gasteiger partial charge in [0.15, 0.2) is 5.65 Å². The van der Waals surface area contributed by atoms with Gasteiger partial charge in [0.05, 0.1) is 27.1 Å². The maximum absolute atomic E-state index is 13.1. The smallest absolute Gasteiger partial charge is 0.321 e. The summed E-state index contributed by atoms with van der Waals surface area (Å²) in [5, 5.41) is 11.5. The van der Waals surface area contributed by atoms with Gasteiger partial charge in [-0.25, -0.2) is 9.78 Å². The Kier molecular flexibility index (Phi) is 6.88. The molecule has 8 nitrogen and oxygen atoms in total. The lowest BCUT2D eigenvalue weighted by molar-refractivity contribution is 0.192. The molecule has 4 aromatic rings. The molecule has 2 N–H and O–H groups in total. The summed E-state index contributed by atoms with van der Waals surface area (Å²) in [5.74, 6) is 0.945. The van der Waals surface area contributed by atoms with Gasteiger partial charge in [0.2, 0.25) is 0 Å². The number of likely N-dealkylation sites (tertiary alicyclic amines) is 1. The van der Waals surface area contributed by atoms with Gasteiger partial charge in [0.25, 0.3) is 0 Å². The number of fused-ring (bicyclic) bond motifs is 1. The molecule has 1 aromatic carbocycles. The molecule has 1 aliphatic heterocycles. The monoisotopic (exact) mass is 553 g/mol. The van der Waals surface area contributed by atoms with E-state index in [1.807, 2.05) is 48.4 Å². The topological polar surface area (TPSA) is 87.5 Å². The van der Waals surface area contributed by atoms with Crippen LogP contribution in [-0.4, -0.2) is 43.6 Å². The first-order chi connectivity index (χ1) is 17.0. The summed E-state index contributed by atoms with van der Waals surface area (Å²) in [7, 11) is 0. The molecule has 0 bridgehead atoms. The van der Waals surface area contributed by atoms with Crippen LogP contribution in [-0.2, 0) is 6.54 Å². The first-order valence-corrected chi connectivity index (χ1v) is 12.6. The first kappa shape index (κ1) is 23.6. The van der Waals surface area contributed by atoms with Crippen molar-refractivity contribution in [1.82, 2.24) is 24.5 Å². The molecule has 0 radical (unpaired) electrons. The largest absolute Gasteiger partial charge is 0.366 e. The molecular weight excluding hydrogens is 530 g/mol. The van der Waals surface area contributed by atoms with Crippen LogP contribution in [0.3, 0.4) is 0 Å². The van der Waals surface area contributed by atoms with Crippen molar-refractivity contribution in [3.63, 3.8) is 0 Å². The van der Waals surface area contributed by atoms with Gasteiger partial charge in [0.1, 0.15) is 5.82 Å². The maximum atomic E-state index is 13.1. The van der Waals surface area contributed by atoms with Crippen LogP contribution in [0.15, 0.2) is 59.5 Å². The Morgan fingerprint density at radius 1 is 1.26 bits per heavy atom. The lowest BCUT2D eigenvalue weighted by atomic mass is 9.94. The first-order valence-electron chi connectivity index (χ1n) is 11.5. The quantitative estimate of drug-likeness (QED) is 0.322. The lowest BCUT2D eigenvalue weighted by Gasteiger charge is -2.33. The van der Waals surface area contributed by atoms with Crippen molar-refractivity contribution >= 4 is 50.7 Å². The number of pyridine rings is 1. The second-order valence-corrected chi connectivity index (χ2v) is 9.92. The van der Waals surface area contributed by atoms with E-state index in [0.717, 1.165) is 45.6 Å². The Balaban J connectivity index is 1.37. The van der Waals surface area contributed by atoms with E-state index < -0.39 is 0 Å². The summed E-state index contributed by atoms with van der Waals surface area (Å²) in [4.78, 5) is 24.0. The molecule has 1 saturated heterocycles. The van der Waals surface area contributed by atoms with E-state index in [1.54, 1.807) is 23.0 Å². The average molecular weight is 555 g/mol. The van der Waals surface area contributed by atoms with Gasteiger partial charge in [-0.05, 0) is 59.0 Å². The van der Waals surface area contributed by atoms with Crippen LogP contribution < -0.4 is 10.6 Å². The molecule has 1 fully saturated rings. The van der Waals surface area contributed by atoms with E-state index >= 15 is 0 Å². The zero-order valence-electron chi connectivity index (χ0n) is 19.2. The highest BCUT2D eigenvalue weighted by Crippen LogP contribution is 2.31. The van der Waals surface area contributed by atoms with Crippen LogP contribution in [0.25, 0.3) is 5.65 Å². The summed E-state index contributed by atoms with van der Waals surface area (Å²) in [5.41, 5.74) is 4.33. The average Bonchev–Trinajstić information content (AvgIpc) is 3.26. The summed E-state index contributed by atoms with van der Waals surface area (Å²) in [6.07, 6.45) is 7.18. The van der Waals surface area contributed by atoms with Crippen molar-refractivity contribution in [2.24, 2.45) is 0 Å². The predicted molar refractivity (Wildman–Crippen MR) is 141 cm³/mol. The van der Waals surface area contributed by atoms with Crippen molar-refractivity contribution in [3.05, 3.63) is 81.3 Å². The number of para-hydroxylation sites is 1. The third kappa shape index (κ3) is 5.11. The molecule has 1 atom stereocenters. The van der Waals surface area contributed by atoms with E-state index in [4.69, 9.17) is 16.6 Å². The third-order valence-electron chi connectivity index (χ3n) is 6.23. The van der Waals surface area contributed by atoms with E-state index in [9.17, 15) is 4.79 Å². The maximum Gasteiger partial charge on any atom is 0.321 e.